The summed E-state index contributed by atoms with van der Waals surface area (Å²) in [6.07, 6.45) is 1.34. The van der Waals surface area contributed by atoms with Gasteiger partial charge in [-0.3, -0.25) is 4.79 Å². The van der Waals surface area contributed by atoms with Gasteiger partial charge < -0.3 is 4.74 Å². The number of Topliss-reactive ketones (excluding diaryl/α,β-unsaturated/α-hetero) is 1. The number of hydrogen-bond donors (Lipinski definition) is 0. The predicted octanol–water partition coefficient (Wildman–Crippen LogP) is 4.19. The van der Waals surface area contributed by atoms with Gasteiger partial charge in [-0.25, -0.2) is 4.39 Å². The molecule has 0 radical (unpaired) electrons. The van der Waals surface area contributed by atoms with E-state index in [2.05, 4.69) is 0 Å². The van der Waals surface area contributed by atoms with E-state index in [1.54, 1.807) is 18.2 Å². The highest BCUT2D eigenvalue weighted by Gasteiger charge is 2.19. The van der Waals surface area contributed by atoms with Gasteiger partial charge in [-0.15, -0.1) is 0 Å². The molecule has 0 N–H and O–H groups in total. The Morgan fingerprint density at radius 1 is 1.15 bits per heavy atom. The lowest BCUT2D eigenvalue weighted by Crippen LogP contribution is -1.97. The second-order valence-electron chi connectivity index (χ2n) is 4.78. The van der Waals surface area contributed by atoms with Gasteiger partial charge in [-0.2, -0.15) is 0 Å². The molecule has 4 heteroatoms. The molecule has 0 aromatic heterocycles. The molecular weight excluding hydrogens is 279 g/mol. The zero-order chi connectivity index (χ0) is 14.1. The Balaban J connectivity index is 1.72. The average molecular weight is 291 g/mol. The third-order valence-electron chi connectivity index (χ3n) is 3.39. The van der Waals surface area contributed by atoms with Gasteiger partial charge in [0.25, 0.3) is 0 Å². The summed E-state index contributed by atoms with van der Waals surface area (Å²) in [4.78, 5) is 11.5. The summed E-state index contributed by atoms with van der Waals surface area (Å²) >= 11 is 5.63. The molecule has 0 heterocycles. The largest absolute Gasteiger partial charge is 0.489 e. The highest BCUT2D eigenvalue weighted by atomic mass is 35.5. The van der Waals surface area contributed by atoms with E-state index in [9.17, 15) is 9.18 Å². The van der Waals surface area contributed by atoms with E-state index < -0.39 is 5.82 Å². The van der Waals surface area contributed by atoms with Gasteiger partial charge in [0.1, 0.15) is 18.2 Å². The second-order valence-corrected chi connectivity index (χ2v) is 5.19. The van der Waals surface area contributed by atoms with Crippen LogP contribution in [0.1, 0.15) is 27.9 Å². The number of hydrogen-bond acceptors (Lipinski definition) is 2. The van der Waals surface area contributed by atoms with Crippen LogP contribution in [0, 0.1) is 5.82 Å². The first-order valence-electron chi connectivity index (χ1n) is 6.36. The molecule has 0 saturated carbocycles. The molecule has 0 amide bonds. The summed E-state index contributed by atoms with van der Waals surface area (Å²) < 4.78 is 18.9. The van der Waals surface area contributed by atoms with Crippen molar-refractivity contribution in [2.45, 2.75) is 19.4 Å². The van der Waals surface area contributed by atoms with Gasteiger partial charge >= 0.3 is 0 Å². The van der Waals surface area contributed by atoms with Crippen molar-refractivity contribution in [3.05, 3.63) is 63.9 Å². The van der Waals surface area contributed by atoms with Crippen molar-refractivity contribution in [2.75, 3.05) is 0 Å². The Kier molecular flexibility index (Phi) is 3.45. The maximum atomic E-state index is 13.3. The summed E-state index contributed by atoms with van der Waals surface area (Å²) in [7, 11) is 0. The van der Waals surface area contributed by atoms with E-state index in [4.69, 9.17) is 16.3 Å². The Hall–Kier alpha value is -1.87. The summed E-state index contributed by atoms with van der Waals surface area (Å²) in [5, 5.41) is 0.102. The van der Waals surface area contributed by atoms with Gasteiger partial charge in [-0.05, 0) is 47.9 Å². The molecule has 0 aliphatic heterocycles. The maximum Gasteiger partial charge on any atom is 0.163 e. The van der Waals surface area contributed by atoms with E-state index in [1.807, 2.05) is 6.07 Å². The van der Waals surface area contributed by atoms with Gasteiger partial charge in [-0.1, -0.05) is 17.7 Å². The highest BCUT2D eigenvalue weighted by Crippen LogP contribution is 2.26. The van der Waals surface area contributed by atoms with Crippen LogP contribution < -0.4 is 4.74 Å². The first-order valence-corrected chi connectivity index (χ1v) is 6.74. The molecule has 0 fully saturated rings. The van der Waals surface area contributed by atoms with Crippen LogP contribution in [0.2, 0.25) is 5.02 Å². The van der Waals surface area contributed by atoms with Crippen LogP contribution in [0.15, 0.2) is 36.4 Å². The standard InChI is InChI=1S/C16H12ClFO2/c17-14-5-1-10(7-15(14)18)9-20-12-3-4-13-11(8-12)2-6-16(13)19/h1,3-5,7-8H,2,6,9H2. The van der Waals surface area contributed by atoms with Crippen LogP contribution in [-0.4, -0.2) is 5.78 Å². The molecule has 0 saturated heterocycles. The number of fused-ring (bicyclic) bond motifs is 1. The predicted molar refractivity (Wildman–Crippen MR) is 74.8 cm³/mol. The van der Waals surface area contributed by atoms with E-state index in [0.29, 0.717) is 17.7 Å². The minimum Gasteiger partial charge on any atom is -0.489 e. The lowest BCUT2D eigenvalue weighted by atomic mass is 10.1. The Morgan fingerprint density at radius 3 is 2.80 bits per heavy atom. The second kappa shape index (κ2) is 5.25. The van der Waals surface area contributed by atoms with Crippen molar-refractivity contribution in [1.29, 1.82) is 0 Å². The maximum absolute atomic E-state index is 13.3. The van der Waals surface area contributed by atoms with Crippen LogP contribution in [0.4, 0.5) is 4.39 Å². The smallest absolute Gasteiger partial charge is 0.163 e. The van der Waals surface area contributed by atoms with Crippen LogP contribution in [0.25, 0.3) is 0 Å². The molecule has 3 rings (SSSR count). The number of ketones is 1. The fourth-order valence-electron chi connectivity index (χ4n) is 2.32. The van der Waals surface area contributed by atoms with E-state index in [1.165, 1.54) is 12.1 Å². The molecule has 1 aliphatic carbocycles. The quantitative estimate of drug-likeness (QED) is 0.847. The fraction of sp³-hybridized carbons (Fsp3) is 0.188. The van der Waals surface area contributed by atoms with Crippen molar-refractivity contribution in [2.24, 2.45) is 0 Å². The van der Waals surface area contributed by atoms with Crippen LogP contribution in [0.3, 0.4) is 0 Å². The molecule has 0 spiro atoms. The number of halogens is 2. The van der Waals surface area contributed by atoms with Gasteiger partial charge in [0, 0.05) is 12.0 Å². The normalized spacial score (nSPS) is 13.4. The third-order valence-corrected chi connectivity index (χ3v) is 3.69. The fourth-order valence-corrected chi connectivity index (χ4v) is 2.44. The van der Waals surface area contributed by atoms with Gasteiger partial charge in [0.2, 0.25) is 0 Å². The van der Waals surface area contributed by atoms with Crippen LogP contribution in [-0.2, 0) is 13.0 Å². The summed E-state index contributed by atoms with van der Waals surface area (Å²) in [6.45, 7) is 0.265. The van der Waals surface area contributed by atoms with Crippen molar-refractivity contribution in [3.63, 3.8) is 0 Å². The molecule has 2 aromatic carbocycles. The summed E-state index contributed by atoms with van der Waals surface area (Å²) in [6, 6.07) is 10.0. The SMILES string of the molecule is O=C1CCc2cc(OCc3ccc(Cl)c(F)c3)ccc21. The molecule has 2 nitrogen and oxygen atoms in total. The van der Waals surface area contributed by atoms with Crippen molar-refractivity contribution >= 4 is 17.4 Å². The number of aryl methyl sites for hydroxylation is 1. The lowest BCUT2D eigenvalue weighted by molar-refractivity contribution is 0.0994. The van der Waals surface area contributed by atoms with Gasteiger partial charge in [0.05, 0.1) is 5.02 Å². The molecule has 0 bridgehead atoms. The molecule has 2 aromatic rings. The summed E-state index contributed by atoms with van der Waals surface area (Å²) in [5.74, 6) is 0.424. The number of carbonyl (C=O) groups excluding carboxylic acids is 1. The van der Waals surface area contributed by atoms with E-state index in [-0.39, 0.29) is 17.4 Å². The first kappa shape index (κ1) is 13.1. The zero-order valence-corrected chi connectivity index (χ0v) is 11.4. The Labute approximate surface area is 121 Å². The molecule has 0 atom stereocenters. The lowest BCUT2D eigenvalue weighted by Gasteiger charge is -2.08. The zero-order valence-electron chi connectivity index (χ0n) is 10.7. The molecular formula is C16H12ClFO2. The van der Waals surface area contributed by atoms with Crippen molar-refractivity contribution < 1.29 is 13.9 Å². The number of rotatable bonds is 3. The van der Waals surface area contributed by atoms with E-state index in [0.717, 1.165) is 17.5 Å². The minimum atomic E-state index is -0.452. The highest BCUT2D eigenvalue weighted by molar-refractivity contribution is 6.30. The van der Waals surface area contributed by atoms with Crippen molar-refractivity contribution in [1.82, 2.24) is 0 Å². The molecule has 102 valence electrons. The number of benzene rings is 2. The van der Waals surface area contributed by atoms with Gasteiger partial charge in [0.15, 0.2) is 5.78 Å². The molecule has 20 heavy (non-hydrogen) atoms. The van der Waals surface area contributed by atoms with Crippen LogP contribution >= 0.6 is 11.6 Å². The Morgan fingerprint density at radius 2 is 2.00 bits per heavy atom. The summed E-state index contributed by atoms with van der Waals surface area (Å²) in [5.41, 5.74) is 2.52. The topological polar surface area (TPSA) is 26.3 Å². The Bertz CT molecular complexity index is 682. The van der Waals surface area contributed by atoms with Crippen LogP contribution in [0.5, 0.6) is 5.75 Å². The minimum absolute atomic E-state index is 0.102. The van der Waals surface area contributed by atoms with E-state index >= 15 is 0 Å². The van der Waals surface area contributed by atoms with Crippen molar-refractivity contribution in [3.8, 4) is 5.75 Å². The third kappa shape index (κ3) is 2.54. The average Bonchev–Trinajstić information content (AvgIpc) is 2.81. The first-order chi connectivity index (χ1) is 9.63. The monoisotopic (exact) mass is 290 g/mol. The number of ether oxygens (including phenoxy) is 1. The molecule has 0 unspecified atom stereocenters. The number of carbonyl (C=O) groups is 1. The molecule has 1 aliphatic rings.